The third kappa shape index (κ3) is 2.50. The molecule has 0 aromatic heterocycles. The Balaban J connectivity index is 2.18. The largest absolute Gasteiger partial charge is 0.489 e. The Bertz CT molecular complexity index is 768. The summed E-state index contributed by atoms with van der Waals surface area (Å²) in [4.78, 5) is 11.1. The summed E-state index contributed by atoms with van der Waals surface area (Å²) in [7, 11) is 0. The number of carboxylic acid groups (broad SMARTS) is 1. The molecule has 1 aliphatic rings. The fraction of sp³-hybridized carbons (Fsp3) is 0.0625. The molecule has 2 aromatic carbocycles. The molecule has 3 rings (SSSR count). The van der Waals surface area contributed by atoms with Gasteiger partial charge in [0.1, 0.15) is 18.2 Å². The SMILES string of the molecule is O=C(O)c1ccc2c(c1)C(c1cc(Cl)ccc1F)=CCO2. The number of carbonyl (C=O) groups is 1. The first-order valence-electron chi connectivity index (χ1n) is 6.22. The van der Waals surface area contributed by atoms with Gasteiger partial charge in [-0.1, -0.05) is 11.6 Å². The molecule has 0 aliphatic carbocycles. The van der Waals surface area contributed by atoms with Crippen LogP contribution in [-0.4, -0.2) is 17.7 Å². The highest BCUT2D eigenvalue weighted by Crippen LogP contribution is 2.36. The molecule has 1 N–H and O–H groups in total. The number of carboxylic acids is 1. The minimum absolute atomic E-state index is 0.118. The predicted molar refractivity (Wildman–Crippen MR) is 77.4 cm³/mol. The first kappa shape index (κ1) is 13.6. The maximum Gasteiger partial charge on any atom is 0.335 e. The number of hydrogen-bond donors (Lipinski definition) is 1. The molecule has 106 valence electrons. The maximum absolute atomic E-state index is 14.1. The number of benzene rings is 2. The van der Waals surface area contributed by atoms with Gasteiger partial charge in [0.2, 0.25) is 0 Å². The fourth-order valence-corrected chi connectivity index (χ4v) is 2.46. The van der Waals surface area contributed by atoms with Crippen LogP contribution in [0.2, 0.25) is 5.02 Å². The van der Waals surface area contributed by atoms with Crippen LogP contribution in [-0.2, 0) is 0 Å². The van der Waals surface area contributed by atoms with Crippen LogP contribution in [0.5, 0.6) is 5.75 Å². The van der Waals surface area contributed by atoms with Gasteiger partial charge in [-0.05, 0) is 48.0 Å². The quantitative estimate of drug-likeness (QED) is 0.912. The second kappa shape index (κ2) is 5.22. The lowest BCUT2D eigenvalue weighted by Gasteiger charge is -2.20. The van der Waals surface area contributed by atoms with Crippen LogP contribution in [0.25, 0.3) is 5.57 Å². The van der Waals surface area contributed by atoms with Crippen molar-refractivity contribution in [3.63, 3.8) is 0 Å². The number of hydrogen-bond acceptors (Lipinski definition) is 2. The molecular formula is C16H10ClFO3. The smallest absolute Gasteiger partial charge is 0.335 e. The van der Waals surface area contributed by atoms with E-state index in [0.717, 1.165) is 0 Å². The normalized spacial score (nSPS) is 13.1. The van der Waals surface area contributed by atoms with Gasteiger partial charge in [-0.25, -0.2) is 9.18 Å². The lowest BCUT2D eigenvalue weighted by molar-refractivity contribution is 0.0697. The molecule has 0 spiro atoms. The summed E-state index contributed by atoms with van der Waals surface area (Å²) in [5.41, 5.74) is 1.57. The zero-order valence-corrected chi connectivity index (χ0v) is 11.5. The van der Waals surface area contributed by atoms with E-state index in [1.54, 1.807) is 12.1 Å². The van der Waals surface area contributed by atoms with E-state index >= 15 is 0 Å². The van der Waals surface area contributed by atoms with Gasteiger partial charge in [0, 0.05) is 16.1 Å². The molecule has 0 saturated carbocycles. The lowest BCUT2D eigenvalue weighted by atomic mass is 9.93. The first-order chi connectivity index (χ1) is 10.1. The molecule has 1 aliphatic heterocycles. The predicted octanol–water partition coefficient (Wildman–Crippen LogP) is 4.00. The summed E-state index contributed by atoms with van der Waals surface area (Å²) in [5.74, 6) is -0.939. The molecule has 3 nitrogen and oxygen atoms in total. The fourth-order valence-electron chi connectivity index (χ4n) is 2.28. The van der Waals surface area contributed by atoms with Gasteiger partial charge in [0.15, 0.2) is 0 Å². The van der Waals surface area contributed by atoms with Gasteiger partial charge in [-0.3, -0.25) is 0 Å². The highest BCUT2D eigenvalue weighted by atomic mass is 35.5. The van der Waals surface area contributed by atoms with E-state index in [1.807, 2.05) is 0 Å². The molecule has 0 fully saturated rings. The van der Waals surface area contributed by atoms with Crippen molar-refractivity contribution in [2.45, 2.75) is 0 Å². The Morgan fingerprint density at radius 1 is 1.19 bits per heavy atom. The van der Waals surface area contributed by atoms with Crippen molar-refractivity contribution in [1.82, 2.24) is 0 Å². The van der Waals surface area contributed by atoms with E-state index in [-0.39, 0.29) is 5.56 Å². The molecule has 1 heterocycles. The highest BCUT2D eigenvalue weighted by Gasteiger charge is 2.20. The monoisotopic (exact) mass is 304 g/mol. The first-order valence-corrected chi connectivity index (χ1v) is 6.60. The molecule has 5 heteroatoms. The zero-order valence-electron chi connectivity index (χ0n) is 10.8. The van der Waals surface area contributed by atoms with Gasteiger partial charge >= 0.3 is 5.97 Å². The van der Waals surface area contributed by atoms with Crippen LogP contribution < -0.4 is 4.74 Å². The van der Waals surface area contributed by atoms with Crippen LogP contribution in [0.3, 0.4) is 0 Å². The van der Waals surface area contributed by atoms with Crippen molar-refractivity contribution in [2.75, 3.05) is 6.61 Å². The van der Waals surface area contributed by atoms with Crippen molar-refractivity contribution >= 4 is 23.1 Å². The number of aromatic carboxylic acids is 1. The number of ether oxygens (including phenoxy) is 1. The molecule has 0 saturated heterocycles. The van der Waals surface area contributed by atoms with Crippen molar-refractivity contribution in [2.24, 2.45) is 0 Å². The second-order valence-corrected chi connectivity index (χ2v) is 5.01. The van der Waals surface area contributed by atoms with E-state index in [4.69, 9.17) is 21.4 Å². The summed E-state index contributed by atoms with van der Waals surface area (Å²) < 4.78 is 19.5. The Morgan fingerprint density at radius 3 is 2.76 bits per heavy atom. The van der Waals surface area contributed by atoms with E-state index in [2.05, 4.69) is 0 Å². The number of halogens is 2. The van der Waals surface area contributed by atoms with Crippen LogP contribution in [0.15, 0.2) is 42.5 Å². The van der Waals surface area contributed by atoms with Gasteiger partial charge in [-0.2, -0.15) is 0 Å². The summed E-state index contributed by atoms with van der Waals surface area (Å²) >= 11 is 5.93. The summed E-state index contributed by atoms with van der Waals surface area (Å²) in [6.07, 6.45) is 1.71. The zero-order chi connectivity index (χ0) is 15.0. The minimum atomic E-state index is -1.05. The Hall–Kier alpha value is -2.33. The van der Waals surface area contributed by atoms with Crippen LogP contribution in [0.1, 0.15) is 21.5 Å². The van der Waals surface area contributed by atoms with E-state index in [9.17, 15) is 9.18 Å². The number of rotatable bonds is 2. The average Bonchev–Trinajstić information content (AvgIpc) is 2.48. The van der Waals surface area contributed by atoms with Crippen molar-refractivity contribution in [3.05, 3.63) is 70.0 Å². The Labute approximate surface area is 125 Å². The van der Waals surface area contributed by atoms with E-state index in [1.165, 1.54) is 30.3 Å². The lowest BCUT2D eigenvalue weighted by Crippen LogP contribution is -2.08. The summed E-state index contributed by atoms with van der Waals surface area (Å²) in [5, 5.41) is 9.50. The Morgan fingerprint density at radius 2 is 2.00 bits per heavy atom. The molecule has 0 unspecified atom stereocenters. The van der Waals surface area contributed by atoms with E-state index in [0.29, 0.717) is 34.1 Å². The molecule has 0 amide bonds. The summed E-state index contributed by atoms with van der Waals surface area (Å²) in [6.45, 7) is 0.292. The minimum Gasteiger partial charge on any atom is -0.489 e. The number of fused-ring (bicyclic) bond motifs is 1. The molecule has 2 aromatic rings. The average molecular weight is 305 g/mol. The van der Waals surface area contributed by atoms with Crippen molar-refractivity contribution in [1.29, 1.82) is 0 Å². The van der Waals surface area contributed by atoms with Crippen LogP contribution in [0, 0.1) is 5.82 Å². The highest BCUT2D eigenvalue weighted by molar-refractivity contribution is 6.30. The Kier molecular flexibility index (Phi) is 3.39. The molecule has 21 heavy (non-hydrogen) atoms. The molecule has 0 atom stereocenters. The van der Waals surface area contributed by atoms with Gasteiger partial charge in [-0.15, -0.1) is 0 Å². The third-order valence-corrected chi connectivity index (χ3v) is 3.50. The van der Waals surface area contributed by atoms with Crippen molar-refractivity contribution < 1.29 is 19.0 Å². The van der Waals surface area contributed by atoms with Crippen molar-refractivity contribution in [3.8, 4) is 5.75 Å². The molecule has 0 radical (unpaired) electrons. The molecule has 0 bridgehead atoms. The van der Waals surface area contributed by atoms with Crippen LogP contribution in [0.4, 0.5) is 4.39 Å². The standard InChI is InChI=1S/C16H10ClFO3/c17-10-2-3-14(18)12(8-10)11-5-6-21-15-4-1-9(16(19)20)7-13(11)15/h1-5,7-8H,6H2,(H,19,20). The molecular weight excluding hydrogens is 295 g/mol. The maximum atomic E-state index is 14.1. The third-order valence-electron chi connectivity index (χ3n) is 3.26. The van der Waals surface area contributed by atoms with Gasteiger partial charge in [0.25, 0.3) is 0 Å². The van der Waals surface area contributed by atoms with Gasteiger partial charge < -0.3 is 9.84 Å². The second-order valence-electron chi connectivity index (χ2n) is 4.57. The van der Waals surface area contributed by atoms with Crippen LogP contribution >= 0.6 is 11.6 Å². The van der Waals surface area contributed by atoms with Gasteiger partial charge in [0.05, 0.1) is 5.56 Å². The summed E-state index contributed by atoms with van der Waals surface area (Å²) in [6, 6.07) is 8.78. The van der Waals surface area contributed by atoms with E-state index < -0.39 is 11.8 Å². The topological polar surface area (TPSA) is 46.5 Å².